The second kappa shape index (κ2) is 5.86. The maximum atomic E-state index is 6.68. The van der Waals surface area contributed by atoms with Crippen molar-refractivity contribution in [2.45, 2.75) is 6.92 Å². The summed E-state index contributed by atoms with van der Waals surface area (Å²) >= 11 is 8.13. The van der Waals surface area contributed by atoms with E-state index in [0.717, 1.165) is 37.6 Å². The number of hydrogen-bond acceptors (Lipinski definition) is 5. The molecule has 5 rings (SSSR count). The Kier molecular flexibility index (Phi) is 3.48. The third-order valence-electron chi connectivity index (χ3n) is 4.29. The lowest BCUT2D eigenvalue weighted by Gasteiger charge is -2.06. The van der Waals surface area contributed by atoms with E-state index in [1.165, 1.54) is 11.3 Å². The quantitative estimate of drug-likeness (QED) is 0.433. The van der Waals surface area contributed by atoms with Gasteiger partial charge in [-0.05, 0) is 12.5 Å². The predicted octanol–water partition coefficient (Wildman–Crippen LogP) is 5.03. The summed E-state index contributed by atoms with van der Waals surface area (Å²) in [6.07, 6.45) is 1.78. The van der Waals surface area contributed by atoms with Crippen LogP contribution in [0.15, 0.2) is 54.7 Å². The van der Waals surface area contributed by atoms with E-state index in [2.05, 4.69) is 15.2 Å². The summed E-state index contributed by atoms with van der Waals surface area (Å²) in [5.41, 5.74) is 3.78. The Morgan fingerprint density at radius 2 is 1.85 bits per heavy atom. The molecule has 0 atom stereocenters. The predicted molar refractivity (Wildman–Crippen MR) is 105 cm³/mol. The highest BCUT2D eigenvalue weighted by Crippen LogP contribution is 2.36. The van der Waals surface area contributed by atoms with Crippen LogP contribution in [0.4, 0.5) is 0 Å². The van der Waals surface area contributed by atoms with Crippen molar-refractivity contribution in [1.82, 2.24) is 24.8 Å². The normalized spacial score (nSPS) is 11.5. The van der Waals surface area contributed by atoms with Crippen LogP contribution >= 0.6 is 22.9 Å². The number of halogens is 1. The second-order valence-electron chi connectivity index (χ2n) is 5.95. The van der Waals surface area contributed by atoms with Gasteiger partial charge in [0.15, 0.2) is 10.8 Å². The van der Waals surface area contributed by atoms with Crippen molar-refractivity contribution in [3.8, 4) is 22.0 Å². The van der Waals surface area contributed by atoms with Crippen LogP contribution < -0.4 is 0 Å². The maximum absolute atomic E-state index is 6.68. The van der Waals surface area contributed by atoms with Gasteiger partial charge in [-0.25, -0.2) is 0 Å². The van der Waals surface area contributed by atoms with Crippen molar-refractivity contribution >= 4 is 38.8 Å². The summed E-state index contributed by atoms with van der Waals surface area (Å²) in [4.78, 5) is 5.31. The molecule has 0 N–H and O–H groups in total. The fourth-order valence-electron chi connectivity index (χ4n) is 2.98. The van der Waals surface area contributed by atoms with Gasteiger partial charge < -0.3 is 0 Å². The van der Waals surface area contributed by atoms with Gasteiger partial charge >= 0.3 is 0 Å². The molecule has 0 amide bonds. The van der Waals surface area contributed by atoms with E-state index in [-0.39, 0.29) is 0 Å². The molecule has 0 bridgehead atoms. The van der Waals surface area contributed by atoms with Gasteiger partial charge in [0.1, 0.15) is 0 Å². The van der Waals surface area contributed by atoms with Gasteiger partial charge in [-0.15, -0.1) is 10.2 Å². The molecule has 0 aliphatic heterocycles. The Morgan fingerprint density at radius 3 is 2.69 bits per heavy atom. The summed E-state index contributed by atoms with van der Waals surface area (Å²) in [5.74, 6) is 0.712. The van der Waals surface area contributed by atoms with Crippen LogP contribution in [-0.4, -0.2) is 24.8 Å². The van der Waals surface area contributed by atoms with Crippen LogP contribution in [-0.2, 0) is 0 Å². The Balaban J connectivity index is 1.70. The van der Waals surface area contributed by atoms with E-state index in [9.17, 15) is 0 Å². The lowest BCUT2D eigenvalue weighted by Crippen LogP contribution is -1.92. The van der Waals surface area contributed by atoms with E-state index < -0.39 is 0 Å². The Hall–Kier alpha value is -2.83. The largest absolute Gasteiger partial charge is 0.255 e. The fourth-order valence-corrected chi connectivity index (χ4v) is 4.18. The minimum absolute atomic E-state index is 0.657. The van der Waals surface area contributed by atoms with Gasteiger partial charge in [-0.2, -0.15) is 9.61 Å². The first-order valence-electron chi connectivity index (χ1n) is 8.04. The number of pyridine rings is 1. The molecule has 0 radical (unpaired) electrons. The molecule has 3 heterocycles. The molecule has 26 heavy (non-hydrogen) atoms. The molecule has 7 heteroatoms. The van der Waals surface area contributed by atoms with Gasteiger partial charge in [0.05, 0.1) is 16.1 Å². The van der Waals surface area contributed by atoms with E-state index >= 15 is 0 Å². The first kappa shape index (κ1) is 15.4. The Labute approximate surface area is 157 Å². The highest BCUT2D eigenvalue weighted by Gasteiger charge is 2.17. The molecular weight excluding hydrogens is 366 g/mol. The maximum Gasteiger partial charge on any atom is 0.235 e. The van der Waals surface area contributed by atoms with Crippen LogP contribution in [0.5, 0.6) is 0 Å². The number of aromatic nitrogens is 5. The topological polar surface area (TPSA) is 56.0 Å². The molecule has 5 aromatic rings. The van der Waals surface area contributed by atoms with Crippen LogP contribution in [0.25, 0.3) is 37.8 Å². The molecule has 0 spiro atoms. The van der Waals surface area contributed by atoms with Gasteiger partial charge in [-0.1, -0.05) is 71.5 Å². The minimum Gasteiger partial charge on any atom is -0.255 e. The molecule has 0 unspecified atom stereocenters. The third-order valence-corrected chi connectivity index (χ3v) is 5.63. The smallest absolute Gasteiger partial charge is 0.235 e. The van der Waals surface area contributed by atoms with Crippen molar-refractivity contribution in [3.63, 3.8) is 0 Å². The SMILES string of the molecule is Cc1cccc2c(Cl)c(-c3nn4c(-c5ccccc5)nnc4s3)cnc12. The van der Waals surface area contributed by atoms with Gasteiger partial charge in [0.25, 0.3) is 0 Å². The molecule has 0 saturated heterocycles. The summed E-state index contributed by atoms with van der Waals surface area (Å²) in [6.45, 7) is 2.03. The average Bonchev–Trinajstić information content (AvgIpc) is 3.24. The molecule has 126 valence electrons. The van der Waals surface area contributed by atoms with Crippen molar-refractivity contribution in [2.75, 3.05) is 0 Å². The first-order chi connectivity index (χ1) is 12.7. The molecule has 0 saturated carbocycles. The standard InChI is InChI=1S/C19H12ClN5S/c1-11-6-5-9-13-15(20)14(10-21-16(11)13)18-24-25-17(22-23-19(25)26-18)12-7-3-2-4-8-12/h2-10H,1H3. The third kappa shape index (κ3) is 2.30. The van der Waals surface area contributed by atoms with Crippen LogP contribution in [0.1, 0.15) is 5.56 Å². The van der Waals surface area contributed by atoms with Crippen molar-refractivity contribution in [2.24, 2.45) is 0 Å². The zero-order chi connectivity index (χ0) is 17.7. The minimum atomic E-state index is 0.657. The molecule has 5 nitrogen and oxygen atoms in total. The second-order valence-corrected chi connectivity index (χ2v) is 7.28. The summed E-state index contributed by atoms with van der Waals surface area (Å²) in [7, 11) is 0. The number of aryl methyl sites for hydroxylation is 1. The average molecular weight is 378 g/mol. The Morgan fingerprint density at radius 1 is 1.00 bits per heavy atom. The number of nitrogens with zero attached hydrogens (tertiary/aromatic N) is 5. The van der Waals surface area contributed by atoms with Gasteiger partial charge in [-0.3, -0.25) is 4.98 Å². The summed E-state index contributed by atoms with van der Waals surface area (Å²) in [5, 5.41) is 15.6. The van der Waals surface area contributed by atoms with E-state index in [0.29, 0.717) is 10.8 Å². The van der Waals surface area contributed by atoms with Crippen molar-refractivity contribution in [1.29, 1.82) is 0 Å². The van der Waals surface area contributed by atoms with E-state index in [4.69, 9.17) is 16.7 Å². The van der Waals surface area contributed by atoms with Gasteiger partial charge in [0.2, 0.25) is 4.96 Å². The highest BCUT2D eigenvalue weighted by molar-refractivity contribution is 7.19. The first-order valence-corrected chi connectivity index (χ1v) is 9.23. The Bertz CT molecular complexity index is 1260. The molecule has 0 aliphatic rings. The van der Waals surface area contributed by atoms with Gasteiger partial charge in [0, 0.05) is 17.1 Å². The van der Waals surface area contributed by atoms with E-state index in [1.54, 1.807) is 10.7 Å². The summed E-state index contributed by atoms with van der Waals surface area (Å²) in [6, 6.07) is 15.9. The van der Waals surface area contributed by atoms with Crippen LogP contribution in [0.2, 0.25) is 5.02 Å². The number of fused-ring (bicyclic) bond motifs is 2. The molecule has 0 fully saturated rings. The van der Waals surface area contributed by atoms with Crippen LogP contribution in [0.3, 0.4) is 0 Å². The molecule has 3 aromatic heterocycles. The lowest BCUT2D eigenvalue weighted by atomic mass is 10.1. The monoisotopic (exact) mass is 377 g/mol. The molecule has 2 aromatic carbocycles. The number of hydrogen-bond donors (Lipinski definition) is 0. The molecule has 0 aliphatic carbocycles. The summed E-state index contributed by atoms with van der Waals surface area (Å²) < 4.78 is 1.76. The highest BCUT2D eigenvalue weighted by atomic mass is 35.5. The van der Waals surface area contributed by atoms with E-state index in [1.807, 2.05) is 55.5 Å². The fraction of sp³-hybridized carbons (Fsp3) is 0.0526. The number of rotatable bonds is 2. The van der Waals surface area contributed by atoms with Crippen LogP contribution in [0, 0.1) is 6.92 Å². The number of benzene rings is 2. The zero-order valence-electron chi connectivity index (χ0n) is 13.7. The van der Waals surface area contributed by atoms with Crippen molar-refractivity contribution < 1.29 is 0 Å². The van der Waals surface area contributed by atoms with Crippen molar-refractivity contribution in [3.05, 3.63) is 65.3 Å². The lowest BCUT2D eigenvalue weighted by molar-refractivity contribution is 0.970. The number of para-hydroxylation sites is 1. The zero-order valence-corrected chi connectivity index (χ0v) is 15.3. The molecular formula is C19H12ClN5S.